The molecule has 5 aromatic rings. The summed E-state index contributed by atoms with van der Waals surface area (Å²) in [6.45, 7) is 4.06. The average Bonchev–Trinajstić information content (AvgIpc) is 2.86. The molecule has 0 aliphatic carbocycles. The summed E-state index contributed by atoms with van der Waals surface area (Å²) in [5, 5.41) is 5.60. The molecule has 2 heterocycles. The lowest BCUT2D eigenvalue weighted by atomic mass is 9.99. The van der Waals surface area contributed by atoms with Crippen molar-refractivity contribution in [3.8, 4) is 22.4 Å². The molecule has 0 fully saturated rings. The van der Waals surface area contributed by atoms with E-state index in [-0.39, 0.29) is 11.5 Å². The van der Waals surface area contributed by atoms with E-state index in [4.69, 9.17) is 28.2 Å². The molecule has 0 aliphatic rings. The number of benzene rings is 3. The number of aromatic amines is 1. The summed E-state index contributed by atoms with van der Waals surface area (Å²) in [5.74, 6) is 0.158. The van der Waals surface area contributed by atoms with Crippen LogP contribution in [0, 0.1) is 13.8 Å². The maximum Gasteiger partial charge on any atom is 0.262 e. The third-order valence-electron chi connectivity index (χ3n) is 5.72. The minimum absolute atomic E-state index is 0.158. The van der Waals surface area contributed by atoms with Gasteiger partial charge in [-0.2, -0.15) is 10.1 Å². The number of anilines is 1. The van der Waals surface area contributed by atoms with Crippen molar-refractivity contribution in [1.82, 2.24) is 15.0 Å². The molecule has 8 heteroatoms. The quantitative estimate of drug-likeness (QED) is 0.195. The third-order valence-corrected chi connectivity index (χ3v) is 6.30. The SMILES string of the molecule is Cc1ccc(-c2cc(-c3ccc(C)cc3)c3c(=O)[nH]c(N/N=C/c4cc(Cl)ccc4Cl)nc3n2)cc1. The predicted molar refractivity (Wildman–Crippen MR) is 148 cm³/mol. The smallest absolute Gasteiger partial charge is 0.262 e. The summed E-state index contributed by atoms with van der Waals surface area (Å²) < 4.78 is 0. The molecule has 0 unspecified atom stereocenters. The Kier molecular flexibility index (Phi) is 6.55. The van der Waals surface area contributed by atoms with Crippen LogP contribution in [0.15, 0.2) is 82.7 Å². The molecule has 0 bridgehead atoms. The molecule has 0 saturated heterocycles. The van der Waals surface area contributed by atoms with Crippen LogP contribution in [0.4, 0.5) is 5.95 Å². The number of nitrogens with zero attached hydrogens (tertiary/aromatic N) is 3. The fraction of sp³-hybridized carbons (Fsp3) is 0.0714. The number of halogens is 2. The van der Waals surface area contributed by atoms with Crippen LogP contribution in [0.1, 0.15) is 16.7 Å². The number of H-pyrrole nitrogens is 1. The molecule has 6 nitrogen and oxygen atoms in total. The normalized spacial score (nSPS) is 11.3. The Morgan fingerprint density at radius 3 is 2.22 bits per heavy atom. The van der Waals surface area contributed by atoms with Crippen molar-refractivity contribution in [1.29, 1.82) is 0 Å². The molecular formula is C28H21Cl2N5O. The lowest BCUT2D eigenvalue weighted by Gasteiger charge is -2.11. The van der Waals surface area contributed by atoms with Crippen LogP contribution in [0.2, 0.25) is 10.0 Å². The first kappa shape index (κ1) is 23.7. The first-order valence-corrected chi connectivity index (χ1v) is 12.0. The highest BCUT2D eigenvalue weighted by Crippen LogP contribution is 2.30. The van der Waals surface area contributed by atoms with Crippen LogP contribution in [-0.2, 0) is 0 Å². The van der Waals surface area contributed by atoms with E-state index >= 15 is 0 Å². The van der Waals surface area contributed by atoms with Crippen LogP contribution in [0.5, 0.6) is 0 Å². The number of hydrogen-bond acceptors (Lipinski definition) is 5. The summed E-state index contributed by atoms with van der Waals surface area (Å²) in [6.07, 6.45) is 1.51. The van der Waals surface area contributed by atoms with Gasteiger partial charge in [-0.15, -0.1) is 0 Å². The first-order chi connectivity index (χ1) is 17.4. The zero-order valence-corrected chi connectivity index (χ0v) is 21.0. The number of rotatable bonds is 5. The Bertz CT molecular complexity index is 1660. The molecule has 2 N–H and O–H groups in total. The fourth-order valence-corrected chi connectivity index (χ4v) is 4.15. The van der Waals surface area contributed by atoms with Gasteiger partial charge in [0.2, 0.25) is 5.95 Å². The van der Waals surface area contributed by atoms with Crippen LogP contribution >= 0.6 is 23.2 Å². The van der Waals surface area contributed by atoms with E-state index in [1.165, 1.54) is 6.21 Å². The largest absolute Gasteiger partial charge is 0.291 e. The van der Waals surface area contributed by atoms with E-state index in [0.29, 0.717) is 26.6 Å². The monoisotopic (exact) mass is 513 g/mol. The second kappa shape index (κ2) is 9.93. The fourth-order valence-electron chi connectivity index (χ4n) is 3.80. The van der Waals surface area contributed by atoms with Gasteiger partial charge in [0.25, 0.3) is 5.56 Å². The lowest BCUT2D eigenvalue weighted by molar-refractivity contribution is 1.10. The van der Waals surface area contributed by atoms with Crippen molar-refractivity contribution < 1.29 is 0 Å². The van der Waals surface area contributed by atoms with Gasteiger partial charge >= 0.3 is 0 Å². The highest BCUT2D eigenvalue weighted by Gasteiger charge is 2.15. The number of aromatic nitrogens is 3. The first-order valence-electron chi connectivity index (χ1n) is 11.2. The number of hydrogen-bond donors (Lipinski definition) is 2. The van der Waals surface area contributed by atoms with Gasteiger partial charge in [-0.25, -0.2) is 10.4 Å². The minimum atomic E-state index is -0.322. The van der Waals surface area contributed by atoms with E-state index < -0.39 is 0 Å². The van der Waals surface area contributed by atoms with Gasteiger partial charge in [0, 0.05) is 26.7 Å². The highest BCUT2D eigenvalue weighted by atomic mass is 35.5. The van der Waals surface area contributed by atoms with Gasteiger partial charge in [-0.1, -0.05) is 82.9 Å². The number of hydrazone groups is 1. The Morgan fingerprint density at radius 1 is 0.861 bits per heavy atom. The van der Waals surface area contributed by atoms with Crippen molar-refractivity contribution >= 4 is 46.4 Å². The molecule has 5 rings (SSSR count). The zero-order valence-electron chi connectivity index (χ0n) is 19.5. The van der Waals surface area contributed by atoms with Crippen molar-refractivity contribution in [3.05, 3.63) is 110 Å². The molecular weight excluding hydrogens is 493 g/mol. The van der Waals surface area contributed by atoms with Gasteiger partial charge < -0.3 is 0 Å². The topological polar surface area (TPSA) is 83.0 Å². The second-order valence-electron chi connectivity index (χ2n) is 8.44. The average molecular weight is 514 g/mol. The van der Waals surface area contributed by atoms with Crippen LogP contribution in [0.3, 0.4) is 0 Å². The van der Waals surface area contributed by atoms with E-state index in [1.807, 2.05) is 68.4 Å². The molecule has 36 heavy (non-hydrogen) atoms. The Hall–Kier alpha value is -4.00. The summed E-state index contributed by atoms with van der Waals surface area (Å²) >= 11 is 12.2. The number of pyridine rings is 1. The summed E-state index contributed by atoms with van der Waals surface area (Å²) in [6, 6.07) is 23.1. The molecule has 3 aromatic carbocycles. The Labute approximate surface area is 217 Å². The van der Waals surface area contributed by atoms with E-state index in [2.05, 4.69) is 20.5 Å². The van der Waals surface area contributed by atoms with Crippen molar-refractivity contribution in [2.75, 3.05) is 5.43 Å². The molecule has 0 saturated carbocycles. The van der Waals surface area contributed by atoms with Crippen molar-refractivity contribution in [2.24, 2.45) is 5.10 Å². The minimum Gasteiger partial charge on any atom is -0.291 e. The van der Waals surface area contributed by atoms with Gasteiger partial charge in [-0.3, -0.25) is 9.78 Å². The van der Waals surface area contributed by atoms with Crippen LogP contribution in [0.25, 0.3) is 33.4 Å². The predicted octanol–water partition coefficient (Wildman–Crippen LogP) is 7.02. The highest BCUT2D eigenvalue weighted by molar-refractivity contribution is 6.35. The maximum atomic E-state index is 13.2. The summed E-state index contributed by atoms with van der Waals surface area (Å²) in [5.41, 5.74) is 8.97. The van der Waals surface area contributed by atoms with Gasteiger partial charge in [0.15, 0.2) is 5.65 Å². The number of aryl methyl sites for hydroxylation is 2. The van der Waals surface area contributed by atoms with Gasteiger partial charge in [0.1, 0.15) is 0 Å². The van der Waals surface area contributed by atoms with E-state index in [1.54, 1.807) is 18.2 Å². The van der Waals surface area contributed by atoms with Crippen molar-refractivity contribution in [2.45, 2.75) is 13.8 Å². The Balaban J connectivity index is 1.61. The molecule has 0 radical (unpaired) electrons. The zero-order chi connectivity index (χ0) is 25.2. The molecule has 0 amide bonds. The van der Waals surface area contributed by atoms with E-state index in [9.17, 15) is 4.79 Å². The Morgan fingerprint density at radius 2 is 1.53 bits per heavy atom. The number of fused-ring (bicyclic) bond motifs is 1. The summed E-state index contributed by atoms with van der Waals surface area (Å²) in [7, 11) is 0. The maximum absolute atomic E-state index is 13.2. The van der Waals surface area contributed by atoms with Crippen LogP contribution in [-0.4, -0.2) is 21.2 Å². The molecule has 178 valence electrons. The van der Waals surface area contributed by atoms with E-state index in [0.717, 1.165) is 33.5 Å². The summed E-state index contributed by atoms with van der Waals surface area (Å²) in [4.78, 5) is 25.3. The third kappa shape index (κ3) is 5.00. The van der Waals surface area contributed by atoms with Crippen LogP contribution < -0.4 is 11.0 Å². The van der Waals surface area contributed by atoms with Gasteiger partial charge in [0.05, 0.1) is 17.3 Å². The molecule has 0 aliphatic heterocycles. The van der Waals surface area contributed by atoms with Gasteiger partial charge in [-0.05, 0) is 43.7 Å². The molecule has 0 atom stereocenters. The molecule has 2 aromatic heterocycles. The lowest BCUT2D eigenvalue weighted by Crippen LogP contribution is -2.13. The van der Waals surface area contributed by atoms with Crippen molar-refractivity contribution in [3.63, 3.8) is 0 Å². The second-order valence-corrected chi connectivity index (χ2v) is 9.28. The standard InChI is InChI=1S/C28H21Cl2N5O/c1-16-3-7-18(8-4-16)22-14-24(19-9-5-17(2)6-10-19)32-26-25(22)27(36)34-28(33-26)35-31-15-20-13-21(29)11-12-23(20)30/h3-15H,1-2H3,(H2,32,33,34,35,36)/b31-15+. The molecule has 0 spiro atoms. The number of nitrogens with one attached hydrogen (secondary N) is 2.